The average Bonchev–Trinajstić information content (AvgIpc) is 2.04. The van der Waals surface area contributed by atoms with Crippen LogP contribution in [0.15, 0.2) is 24.9 Å². The first-order valence-corrected chi connectivity index (χ1v) is 4.22. The number of hydrogen-bond acceptors (Lipinski definition) is 1. The van der Waals surface area contributed by atoms with Gasteiger partial charge in [0.15, 0.2) is 0 Å². The number of alkyl halides is 1. The lowest BCUT2D eigenvalue weighted by Crippen LogP contribution is -1.91. The molecule has 0 aliphatic carbocycles. The SMILES string of the molecule is C=C(CBr)c1cccnc1F. The zero-order chi connectivity index (χ0) is 8.27. The molecule has 0 radical (unpaired) electrons. The molecule has 0 aliphatic heterocycles. The monoisotopic (exact) mass is 215 g/mol. The number of nitrogens with zero attached hydrogens (tertiary/aromatic N) is 1. The summed E-state index contributed by atoms with van der Waals surface area (Å²) in [5.74, 6) is -0.461. The highest BCUT2D eigenvalue weighted by Gasteiger charge is 2.03. The summed E-state index contributed by atoms with van der Waals surface area (Å²) in [5, 5.41) is 0.565. The number of pyridine rings is 1. The van der Waals surface area contributed by atoms with Crippen LogP contribution in [-0.2, 0) is 0 Å². The van der Waals surface area contributed by atoms with Crippen molar-refractivity contribution in [3.63, 3.8) is 0 Å². The van der Waals surface area contributed by atoms with E-state index in [4.69, 9.17) is 0 Å². The van der Waals surface area contributed by atoms with Crippen molar-refractivity contribution in [1.82, 2.24) is 4.98 Å². The molecule has 3 heteroatoms. The lowest BCUT2D eigenvalue weighted by Gasteiger charge is -2.00. The number of aromatic nitrogens is 1. The first-order chi connectivity index (χ1) is 5.25. The molecule has 0 aliphatic rings. The van der Waals surface area contributed by atoms with Gasteiger partial charge in [-0.1, -0.05) is 22.5 Å². The van der Waals surface area contributed by atoms with Crippen molar-refractivity contribution in [1.29, 1.82) is 0 Å². The maximum Gasteiger partial charge on any atom is 0.220 e. The Morgan fingerprint density at radius 2 is 2.45 bits per heavy atom. The highest BCUT2D eigenvalue weighted by atomic mass is 79.9. The van der Waals surface area contributed by atoms with E-state index in [9.17, 15) is 4.39 Å². The molecule has 1 heterocycles. The van der Waals surface area contributed by atoms with E-state index in [-0.39, 0.29) is 0 Å². The molecule has 58 valence electrons. The summed E-state index contributed by atoms with van der Waals surface area (Å²) in [6.07, 6.45) is 1.42. The molecule has 0 N–H and O–H groups in total. The van der Waals surface area contributed by atoms with Crippen LogP contribution in [0.4, 0.5) is 4.39 Å². The minimum Gasteiger partial charge on any atom is -0.228 e. The van der Waals surface area contributed by atoms with Crippen LogP contribution < -0.4 is 0 Å². The van der Waals surface area contributed by atoms with Crippen molar-refractivity contribution < 1.29 is 4.39 Å². The third-order valence-electron chi connectivity index (χ3n) is 1.30. The average molecular weight is 216 g/mol. The lowest BCUT2D eigenvalue weighted by atomic mass is 10.1. The van der Waals surface area contributed by atoms with E-state index in [2.05, 4.69) is 27.5 Å². The molecule has 0 unspecified atom stereocenters. The standard InChI is InChI=1S/C8H7BrFN/c1-6(5-9)7-3-2-4-11-8(7)10/h2-4H,1,5H2. The second-order valence-electron chi connectivity index (χ2n) is 2.08. The van der Waals surface area contributed by atoms with E-state index in [0.29, 0.717) is 16.5 Å². The van der Waals surface area contributed by atoms with E-state index in [0.717, 1.165) is 0 Å². The van der Waals surface area contributed by atoms with Crippen molar-refractivity contribution in [2.75, 3.05) is 5.33 Å². The van der Waals surface area contributed by atoms with Crippen molar-refractivity contribution in [2.45, 2.75) is 0 Å². The fourth-order valence-corrected chi connectivity index (χ4v) is 1.02. The first kappa shape index (κ1) is 8.40. The normalized spacial score (nSPS) is 9.64. The van der Waals surface area contributed by atoms with Crippen LogP contribution in [0.5, 0.6) is 0 Å². The van der Waals surface area contributed by atoms with Crippen molar-refractivity contribution >= 4 is 21.5 Å². The Morgan fingerprint density at radius 3 is 3.00 bits per heavy atom. The molecule has 0 fully saturated rings. The van der Waals surface area contributed by atoms with Crippen LogP contribution in [0, 0.1) is 5.95 Å². The molecule has 1 rings (SSSR count). The Hall–Kier alpha value is -0.700. The number of halogens is 2. The number of hydrogen-bond donors (Lipinski definition) is 0. The smallest absolute Gasteiger partial charge is 0.220 e. The highest BCUT2D eigenvalue weighted by molar-refractivity contribution is 9.09. The summed E-state index contributed by atoms with van der Waals surface area (Å²) in [6.45, 7) is 3.68. The summed E-state index contributed by atoms with van der Waals surface area (Å²) >= 11 is 3.19. The molecule has 1 aromatic rings. The molecule has 0 amide bonds. The van der Waals surface area contributed by atoms with Crippen LogP contribution in [-0.4, -0.2) is 10.3 Å². The van der Waals surface area contributed by atoms with Gasteiger partial charge >= 0.3 is 0 Å². The zero-order valence-corrected chi connectivity index (χ0v) is 7.44. The maximum absolute atomic E-state index is 12.8. The van der Waals surface area contributed by atoms with E-state index < -0.39 is 5.95 Å². The molecule has 1 nitrogen and oxygen atoms in total. The second-order valence-corrected chi connectivity index (χ2v) is 2.64. The van der Waals surface area contributed by atoms with Crippen LogP contribution >= 0.6 is 15.9 Å². The molecular weight excluding hydrogens is 209 g/mol. The van der Waals surface area contributed by atoms with Gasteiger partial charge in [0.1, 0.15) is 0 Å². The summed E-state index contributed by atoms with van der Waals surface area (Å²) in [6, 6.07) is 3.35. The van der Waals surface area contributed by atoms with Gasteiger partial charge in [-0.2, -0.15) is 4.39 Å². The Morgan fingerprint density at radius 1 is 1.73 bits per heavy atom. The van der Waals surface area contributed by atoms with Crippen molar-refractivity contribution in [3.05, 3.63) is 36.4 Å². The molecule has 0 bridgehead atoms. The fraction of sp³-hybridized carbons (Fsp3) is 0.125. The highest BCUT2D eigenvalue weighted by Crippen LogP contribution is 2.15. The predicted molar refractivity (Wildman–Crippen MR) is 47.0 cm³/mol. The van der Waals surface area contributed by atoms with Crippen LogP contribution in [0.25, 0.3) is 5.57 Å². The summed E-state index contributed by atoms with van der Waals surface area (Å²) < 4.78 is 12.8. The minimum absolute atomic E-state index is 0.461. The Kier molecular flexibility index (Phi) is 2.76. The van der Waals surface area contributed by atoms with Gasteiger partial charge in [-0.05, 0) is 17.7 Å². The van der Waals surface area contributed by atoms with Gasteiger partial charge < -0.3 is 0 Å². The molecule has 11 heavy (non-hydrogen) atoms. The van der Waals surface area contributed by atoms with Gasteiger partial charge in [-0.25, -0.2) is 4.98 Å². The molecule has 0 atom stereocenters. The van der Waals surface area contributed by atoms with Crippen molar-refractivity contribution in [2.24, 2.45) is 0 Å². The quantitative estimate of drug-likeness (QED) is 0.547. The Balaban J connectivity index is 3.03. The van der Waals surface area contributed by atoms with E-state index >= 15 is 0 Å². The lowest BCUT2D eigenvalue weighted by molar-refractivity contribution is 0.580. The Bertz CT molecular complexity index is 273. The van der Waals surface area contributed by atoms with E-state index in [1.807, 2.05) is 0 Å². The van der Waals surface area contributed by atoms with E-state index in [1.54, 1.807) is 12.1 Å². The second kappa shape index (κ2) is 3.62. The number of allylic oxidation sites excluding steroid dienone is 1. The minimum atomic E-state index is -0.461. The Labute approximate surface area is 73.1 Å². The van der Waals surface area contributed by atoms with Crippen LogP contribution in [0.2, 0.25) is 0 Å². The molecule has 0 aromatic carbocycles. The van der Waals surface area contributed by atoms with E-state index in [1.165, 1.54) is 6.20 Å². The van der Waals surface area contributed by atoms with Crippen molar-refractivity contribution in [3.8, 4) is 0 Å². The molecule has 0 spiro atoms. The van der Waals surface area contributed by atoms with Gasteiger partial charge in [0.05, 0.1) is 0 Å². The summed E-state index contributed by atoms with van der Waals surface area (Å²) in [5.41, 5.74) is 1.18. The summed E-state index contributed by atoms with van der Waals surface area (Å²) in [7, 11) is 0. The van der Waals surface area contributed by atoms with Crippen LogP contribution in [0.1, 0.15) is 5.56 Å². The molecule has 0 saturated carbocycles. The first-order valence-electron chi connectivity index (χ1n) is 3.10. The molecular formula is C8H7BrFN. The van der Waals surface area contributed by atoms with Gasteiger partial charge in [0, 0.05) is 17.1 Å². The zero-order valence-electron chi connectivity index (χ0n) is 5.85. The van der Waals surface area contributed by atoms with Gasteiger partial charge in [0.25, 0.3) is 0 Å². The largest absolute Gasteiger partial charge is 0.228 e. The third kappa shape index (κ3) is 1.87. The van der Waals surface area contributed by atoms with Gasteiger partial charge in [-0.3, -0.25) is 0 Å². The predicted octanol–water partition coefficient (Wildman–Crippen LogP) is 2.63. The van der Waals surface area contributed by atoms with Crippen LogP contribution in [0.3, 0.4) is 0 Å². The topological polar surface area (TPSA) is 12.9 Å². The maximum atomic E-state index is 12.8. The molecule has 1 aromatic heterocycles. The third-order valence-corrected chi connectivity index (χ3v) is 1.98. The molecule has 0 saturated heterocycles. The fourth-order valence-electron chi connectivity index (χ4n) is 0.722. The van der Waals surface area contributed by atoms with Gasteiger partial charge in [-0.15, -0.1) is 0 Å². The van der Waals surface area contributed by atoms with Gasteiger partial charge in [0.2, 0.25) is 5.95 Å². The number of rotatable bonds is 2. The summed E-state index contributed by atoms with van der Waals surface area (Å²) in [4.78, 5) is 3.50.